The van der Waals surface area contributed by atoms with Crippen LogP contribution in [0.4, 0.5) is 0 Å². The summed E-state index contributed by atoms with van der Waals surface area (Å²) in [6.45, 7) is 3.56. The van der Waals surface area contributed by atoms with Crippen LogP contribution in [0.2, 0.25) is 0 Å². The minimum absolute atomic E-state index is 0.453. The highest BCUT2D eigenvalue weighted by Crippen LogP contribution is 2.35. The van der Waals surface area contributed by atoms with Gasteiger partial charge in [-0.2, -0.15) is 0 Å². The Balaban J connectivity index is 1.64. The van der Waals surface area contributed by atoms with Gasteiger partial charge in [0.25, 0.3) is 0 Å². The van der Waals surface area contributed by atoms with Crippen molar-refractivity contribution in [2.75, 3.05) is 13.1 Å². The van der Waals surface area contributed by atoms with Gasteiger partial charge in [-0.25, -0.2) is 0 Å². The first kappa shape index (κ1) is 11.2. The highest BCUT2D eigenvalue weighted by atomic mass is 15.2. The van der Waals surface area contributed by atoms with Gasteiger partial charge in [-0.1, -0.05) is 36.8 Å². The lowest BCUT2D eigenvalue weighted by molar-refractivity contribution is 0.259. The molecular weight excluding hydrogens is 208 g/mol. The van der Waals surface area contributed by atoms with Crippen molar-refractivity contribution < 1.29 is 0 Å². The monoisotopic (exact) mass is 230 g/mol. The van der Waals surface area contributed by atoms with Crippen LogP contribution >= 0.6 is 0 Å². The molecule has 2 N–H and O–H groups in total. The quantitative estimate of drug-likeness (QED) is 0.844. The highest BCUT2D eigenvalue weighted by Gasteiger charge is 2.38. The van der Waals surface area contributed by atoms with Gasteiger partial charge < -0.3 is 5.73 Å². The van der Waals surface area contributed by atoms with Crippen LogP contribution in [-0.4, -0.2) is 24.0 Å². The minimum Gasteiger partial charge on any atom is -0.327 e. The summed E-state index contributed by atoms with van der Waals surface area (Å²) in [7, 11) is 0. The summed E-state index contributed by atoms with van der Waals surface area (Å²) in [5.41, 5.74) is 7.68. The van der Waals surface area contributed by atoms with E-state index in [4.69, 9.17) is 5.73 Å². The third kappa shape index (κ3) is 2.38. The molecule has 92 valence electrons. The number of likely N-dealkylation sites (tertiary alicyclic amines) is 1. The molecule has 2 fully saturated rings. The molecule has 1 aliphatic carbocycles. The molecule has 0 unspecified atom stereocenters. The summed E-state index contributed by atoms with van der Waals surface area (Å²) in [5, 5.41) is 0. The Morgan fingerprint density at radius 3 is 2.71 bits per heavy atom. The maximum Gasteiger partial charge on any atom is 0.0233 e. The molecule has 2 nitrogen and oxygen atoms in total. The van der Waals surface area contributed by atoms with Crippen molar-refractivity contribution in [1.82, 2.24) is 4.90 Å². The van der Waals surface area contributed by atoms with Crippen LogP contribution in [0.15, 0.2) is 30.3 Å². The van der Waals surface area contributed by atoms with E-state index >= 15 is 0 Å². The van der Waals surface area contributed by atoms with Crippen LogP contribution in [0.3, 0.4) is 0 Å². The Bertz CT molecular complexity index is 362. The smallest absolute Gasteiger partial charge is 0.0233 e. The summed E-state index contributed by atoms with van der Waals surface area (Å²) in [4.78, 5) is 2.59. The van der Waals surface area contributed by atoms with E-state index in [1.165, 1.54) is 37.9 Å². The Kier molecular flexibility index (Phi) is 3.17. The van der Waals surface area contributed by atoms with Crippen molar-refractivity contribution in [2.45, 2.75) is 31.8 Å². The van der Waals surface area contributed by atoms with Gasteiger partial charge in [-0.15, -0.1) is 0 Å². The van der Waals surface area contributed by atoms with Crippen molar-refractivity contribution >= 4 is 0 Å². The van der Waals surface area contributed by atoms with Crippen molar-refractivity contribution in [3.8, 4) is 0 Å². The lowest BCUT2D eigenvalue weighted by Crippen LogP contribution is -2.38. The Morgan fingerprint density at radius 1 is 1.12 bits per heavy atom. The van der Waals surface area contributed by atoms with Gasteiger partial charge in [0.2, 0.25) is 0 Å². The van der Waals surface area contributed by atoms with E-state index in [1.54, 1.807) is 0 Å². The van der Waals surface area contributed by atoms with E-state index in [0.29, 0.717) is 6.04 Å². The molecule has 17 heavy (non-hydrogen) atoms. The summed E-state index contributed by atoms with van der Waals surface area (Å²) in [6, 6.07) is 11.2. The van der Waals surface area contributed by atoms with Crippen LogP contribution in [0.25, 0.3) is 0 Å². The van der Waals surface area contributed by atoms with E-state index in [-0.39, 0.29) is 0 Å². The number of nitrogens with two attached hydrogens (primary N) is 1. The van der Waals surface area contributed by atoms with E-state index in [2.05, 4.69) is 35.2 Å². The second-order valence-electron chi connectivity index (χ2n) is 5.70. The fraction of sp³-hybridized carbons (Fsp3) is 0.600. The normalized spacial score (nSPS) is 33.6. The first-order valence-electron chi connectivity index (χ1n) is 6.85. The molecule has 1 saturated heterocycles. The van der Waals surface area contributed by atoms with Crippen molar-refractivity contribution in [1.29, 1.82) is 0 Å². The molecule has 3 atom stereocenters. The Morgan fingerprint density at radius 2 is 1.94 bits per heavy atom. The molecule has 1 aliphatic heterocycles. The van der Waals surface area contributed by atoms with Crippen LogP contribution in [-0.2, 0) is 6.54 Å². The maximum absolute atomic E-state index is 6.25. The molecular formula is C15H22N2. The van der Waals surface area contributed by atoms with Gasteiger partial charge in [0.1, 0.15) is 0 Å². The molecule has 2 heteroatoms. The number of hydrogen-bond donors (Lipinski definition) is 1. The predicted octanol–water partition coefficient (Wildman–Crippen LogP) is 2.25. The minimum atomic E-state index is 0.453. The molecule has 2 aliphatic rings. The molecule has 0 radical (unpaired) electrons. The van der Waals surface area contributed by atoms with Crippen molar-refractivity contribution in [3.05, 3.63) is 35.9 Å². The predicted molar refractivity (Wildman–Crippen MR) is 70.5 cm³/mol. The molecule has 0 spiro atoms. The molecule has 0 amide bonds. The van der Waals surface area contributed by atoms with Crippen LogP contribution in [0.1, 0.15) is 24.8 Å². The van der Waals surface area contributed by atoms with Crippen LogP contribution in [0.5, 0.6) is 0 Å². The largest absolute Gasteiger partial charge is 0.327 e. The average molecular weight is 230 g/mol. The number of benzene rings is 1. The van der Waals surface area contributed by atoms with Crippen LogP contribution in [0, 0.1) is 11.8 Å². The first-order chi connectivity index (χ1) is 8.33. The summed E-state index contributed by atoms with van der Waals surface area (Å²) in [5.74, 6) is 1.62. The molecule has 0 bridgehead atoms. The van der Waals surface area contributed by atoms with Gasteiger partial charge in [0.15, 0.2) is 0 Å². The van der Waals surface area contributed by atoms with Gasteiger partial charge in [0, 0.05) is 25.7 Å². The summed E-state index contributed by atoms with van der Waals surface area (Å²) >= 11 is 0. The van der Waals surface area contributed by atoms with Crippen molar-refractivity contribution in [2.24, 2.45) is 17.6 Å². The molecule has 1 aromatic rings. The fourth-order valence-corrected chi connectivity index (χ4v) is 3.58. The Hall–Kier alpha value is -0.860. The van der Waals surface area contributed by atoms with Crippen molar-refractivity contribution in [3.63, 3.8) is 0 Å². The number of hydrogen-bond acceptors (Lipinski definition) is 2. The topological polar surface area (TPSA) is 29.3 Å². The highest BCUT2D eigenvalue weighted by molar-refractivity contribution is 5.14. The van der Waals surface area contributed by atoms with E-state index in [9.17, 15) is 0 Å². The number of nitrogens with zero attached hydrogens (tertiary/aromatic N) is 1. The first-order valence-corrected chi connectivity index (χ1v) is 6.85. The third-order valence-corrected chi connectivity index (χ3v) is 4.48. The lowest BCUT2D eigenvalue weighted by Gasteiger charge is -2.29. The van der Waals surface area contributed by atoms with E-state index in [1.807, 2.05) is 0 Å². The standard InChI is InChI=1S/C15H22N2/c16-15-8-4-7-13-10-17(11-14(13)15)9-12-5-2-1-3-6-12/h1-3,5-6,13-15H,4,7-11,16H2/t13-,14+,15+/m1/s1. The molecule has 3 rings (SSSR count). The second-order valence-corrected chi connectivity index (χ2v) is 5.70. The van der Waals surface area contributed by atoms with Crippen LogP contribution < -0.4 is 5.73 Å². The van der Waals surface area contributed by atoms with E-state index in [0.717, 1.165) is 18.4 Å². The summed E-state index contributed by atoms with van der Waals surface area (Å²) < 4.78 is 0. The average Bonchev–Trinajstić information content (AvgIpc) is 2.74. The van der Waals surface area contributed by atoms with E-state index < -0.39 is 0 Å². The van der Waals surface area contributed by atoms with Gasteiger partial charge in [-0.3, -0.25) is 4.90 Å². The molecule has 1 heterocycles. The molecule has 1 aromatic carbocycles. The zero-order valence-corrected chi connectivity index (χ0v) is 10.4. The SMILES string of the molecule is N[C@H]1CCC[C@@H]2CN(Cc3ccccc3)C[C@@H]21. The number of fused-ring (bicyclic) bond motifs is 1. The fourth-order valence-electron chi connectivity index (χ4n) is 3.58. The second kappa shape index (κ2) is 4.79. The lowest BCUT2D eigenvalue weighted by atomic mass is 9.78. The third-order valence-electron chi connectivity index (χ3n) is 4.48. The Labute approximate surface area is 104 Å². The molecule has 0 aromatic heterocycles. The number of rotatable bonds is 2. The van der Waals surface area contributed by atoms with Gasteiger partial charge in [0.05, 0.1) is 0 Å². The zero-order chi connectivity index (χ0) is 11.7. The molecule has 1 saturated carbocycles. The zero-order valence-electron chi connectivity index (χ0n) is 10.4. The van der Waals surface area contributed by atoms with Gasteiger partial charge >= 0.3 is 0 Å². The van der Waals surface area contributed by atoms with Gasteiger partial charge in [-0.05, 0) is 30.2 Å². The maximum atomic E-state index is 6.25. The summed E-state index contributed by atoms with van der Waals surface area (Å²) in [6.07, 6.45) is 3.96.